The summed E-state index contributed by atoms with van der Waals surface area (Å²) in [5.41, 5.74) is 3.26. The van der Waals surface area contributed by atoms with Crippen molar-refractivity contribution in [2.45, 2.75) is 83.1 Å². The number of unbranched alkanes of at least 4 members (excludes halogenated alkanes) is 2. The molecule has 1 saturated carbocycles. The zero-order valence-corrected chi connectivity index (χ0v) is 30.2. The molecule has 2 aliphatic carbocycles. The number of hydrogen-bond donors (Lipinski definition) is 3. The number of allylic oxidation sites excluding steroid dienone is 1. The van der Waals surface area contributed by atoms with Crippen LogP contribution in [0.25, 0.3) is 0 Å². The van der Waals surface area contributed by atoms with Crippen LogP contribution in [-0.2, 0) is 20.9 Å². The Morgan fingerprint density at radius 2 is 1.79 bits per heavy atom. The van der Waals surface area contributed by atoms with E-state index < -0.39 is 23.8 Å². The number of fused-ring (bicyclic) bond motifs is 3. The highest BCUT2D eigenvalue weighted by Gasteiger charge is 2.65. The number of aromatic hydroxyl groups is 1. The van der Waals surface area contributed by atoms with Gasteiger partial charge in [0.25, 0.3) is 0 Å². The standard InChI is InChI=1S/C40H52N2O10/c1-4-19-50-40-36(42(39(46)47-5-2)24-26-13-15-34-35(20-26)49-25-48-34)23-32(41-51-6-3)30-21-27(11-7-9-17-43)29(12-8-10-18-44)37(38(30)40)31-22-28(45)14-16-33(31)52-40/h4,13-16,20-22,27,29,36-38,43-45H,1,5-12,17-19,23-25H2,2-3H3. The third-order valence-electron chi connectivity index (χ3n) is 10.6. The first kappa shape index (κ1) is 37.5. The van der Waals surface area contributed by atoms with Gasteiger partial charge in [0.05, 0.1) is 24.8 Å². The van der Waals surface area contributed by atoms with Crippen molar-refractivity contribution < 1.29 is 48.6 Å². The van der Waals surface area contributed by atoms with Gasteiger partial charge in [0.1, 0.15) is 24.1 Å². The molecular weight excluding hydrogens is 668 g/mol. The molecule has 2 heterocycles. The van der Waals surface area contributed by atoms with Crippen LogP contribution in [0.1, 0.15) is 75.8 Å². The molecule has 0 saturated heterocycles. The minimum Gasteiger partial charge on any atom is -0.508 e. The number of rotatable bonds is 17. The zero-order chi connectivity index (χ0) is 36.7. The van der Waals surface area contributed by atoms with Gasteiger partial charge in [0.15, 0.2) is 11.5 Å². The number of oxime groups is 1. The molecule has 3 N–H and O–H groups in total. The highest BCUT2D eigenvalue weighted by molar-refractivity contribution is 6.03. The fourth-order valence-electron chi connectivity index (χ4n) is 8.54. The monoisotopic (exact) mass is 720 g/mol. The van der Waals surface area contributed by atoms with Gasteiger partial charge >= 0.3 is 6.09 Å². The molecule has 0 radical (unpaired) electrons. The number of phenols is 1. The van der Waals surface area contributed by atoms with Crippen molar-refractivity contribution in [3.8, 4) is 23.0 Å². The molecule has 52 heavy (non-hydrogen) atoms. The number of benzene rings is 2. The molecule has 1 fully saturated rings. The van der Waals surface area contributed by atoms with Gasteiger partial charge < -0.3 is 43.8 Å². The molecular formula is C40H52N2O10. The third kappa shape index (κ3) is 7.47. The molecule has 0 spiro atoms. The quantitative estimate of drug-likeness (QED) is 0.0948. The third-order valence-corrected chi connectivity index (χ3v) is 10.6. The van der Waals surface area contributed by atoms with Gasteiger partial charge in [-0.1, -0.05) is 36.2 Å². The first-order valence-corrected chi connectivity index (χ1v) is 18.6. The zero-order valence-electron chi connectivity index (χ0n) is 30.2. The highest BCUT2D eigenvalue weighted by Crippen LogP contribution is 2.62. The second-order valence-electron chi connectivity index (χ2n) is 13.7. The molecule has 12 nitrogen and oxygen atoms in total. The average molecular weight is 721 g/mol. The SMILES string of the molecule is C=CCOC12Oc3ccc(O)cc3C3C(CCCCO)C(CCCCO)C=C(C(=NOCC)CC1N(Cc1ccc4c(c1)OCO4)C(=O)OCC)C32. The fourth-order valence-corrected chi connectivity index (χ4v) is 8.54. The molecule has 2 aromatic rings. The van der Waals surface area contributed by atoms with Crippen molar-refractivity contribution >= 4 is 11.8 Å². The van der Waals surface area contributed by atoms with Crippen LogP contribution in [0.5, 0.6) is 23.0 Å². The number of amides is 1. The van der Waals surface area contributed by atoms with E-state index >= 15 is 0 Å². The van der Waals surface area contributed by atoms with E-state index in [1.807, 2.05) is 25.1 Å². The van der Waals surface area contributed by atoms with E-state index in [0.717, 1.165) is 42.4 Å². The van der Waals surface area contributed by atoms with E-state index in [0.29, 0.717) is 42.4 Å². The summed E-state index contributed by atoms with van der Waals surface area (Å²) in [7, 11) is 0. The average Bonchev–Trinajstić information content (AvgIpc) is 3.62. The Morgan fingerprint density at radius 3 is 2.54 bits per heavy atom. The number of ether oxygens (including phenoxy) is 5. The first-order valence-electron chi connectivity index (χ1n) is 18.6. The van der Waals surface area contributed by atoms with Gasteiger partial charge in [-0.15, -0.1) is 6.58 Å². The molecule has 1 amide bonds. The van der Waals surface area contributed by atoms with Crippen LogP contribution >= 0.6 is 0 Å². The van der Waals surface area contributed by atoms with Gasteiger partial charge in [-0.25, -0.2) is 4.79 Å². The number of aliphatic hydroxyl groups is 2. The summed E-state index contributed by atoms with van der Waals surface area (Å²) in [6.45, 7) is 8.73. The second kappa shape index (κ2) is 17.0. The predicted molar refractivity (Wildman–Crippen MR) is 193 cm³/mol. The predicted octanol–water partition coefficient (Wildman–Crippen LogP) is 6.43. The topological polar surface area (TPSA) is 149 Å². The van der Waals surface area contributed by atoms with Crippen molar-refractivity contribution in [2.75, 3.05) is 39.8 Å². The number of nitrogens with zero attached hydrogens (tertiary/aromatic N) is 2. The Bertz CT molecular complexity index is 1630. The Kier molecular flexibility index (Phi) is 12.3. The largest absolute Gasteiger partial charge is 0.508 e. The normalized spacial score (nSPS) is 26.1. The minimum atomic E-state index is -1.44. The Balaban J connectivity index is 1.57. The van der Waals surface area contributed by atoms with E-state index in [-0.39, 0.29) is 69.7 Å². The van der Waals surface area contributed by atoms with Crippen molar-refractivity contribution in [1.29, 1.82) is 0 Å². The Morgan fingerprint density at radius 1 is 1.02 bits per heavy atom. The van der Waals surface area contributed by atoms with Crippen molar-refractivity contribution in [3.63, 3.8) is 0 Å². The first-order chi connectivity index (χ1) is 25.4. The Labute approximate surface area is 305 Å². The van der Waals surface area contributed by atoms with Gasteiger partial charge in [-0.05, 0) is 92.8 Å². The van der Waals surface area contributed by atoms with E-state index in [4.69, 9.17) is 33.7 Å². The van der Waals surface area contributed by atoms with Crippen LogP contribution in [0.4, 0.5) is 4.79 Å². The van der Waals surface area contributed by atoms with Crippen molar-refractivity contribution in [1.82, 2.24) is 4.90 Å². The number of hydrogen-bond acceptors (Lipinski definition) is 11. The summed E-state index contributed by atoms with van der Waals surface area (Å²) in [5.74, 6) is -0.102. The van der Waals surface area contributed by atoms with Gasteiger partial charge in [0, 0.05) is 37.7 Å². The number of phenolic OH excluding ortho intramolecular Hbond substituents is 1. The summed E-state index contributed by atoms with van der Waals surface area (Å²) in [6.07, 6.45) is 8.24. The molecule has 4 aliphatic rings. The molecule has 12 heteroatoms. The summed E-state index contributed by atoms with van der Waals surface area (Å²) >= 11 is 0. The van der Waals surface area contributed by atoms with E-state index in [1.165, 1.54) is 0 Å². The maximum atomic E-state index is 14.2. The van der Waals surface area contributed by atoms with Crippen LogP contribution in [0, 0.1) is 17.8 Å². The molecule has 6 rings (SSSR count). The van der Waals surface area contributed by atoms with Gasteiger partial charge in [-0.2, -0.15) is 0 Å². The lowest BCUT2D eigenvalue weighted by Crippen LogP contribution is -2.70. The highest BCUT2D eigenvalue weighted by atomic mass is 16.7. The minimum absolute atomic E-state index is 0.0483. The maximum absolute atomic E-state index is 14.2. The number of aliphatic hydroxyl groups excluding tert-OH is 2. The number of carbonyl (C=O) groups excluding carboxylic acids is 1. The van der Waals surface area contributed by atoms with Crippen LogP contribution in [0.2, 0.25) is 0 Å². The van der Waals surface area contributed by atoms with Crippen molar-refractivity contribution in [3.05, 3.63) is 71.8 Å². The fraction of sp³-hybridized carbons (Fsp3) is 0.550. The van der Waals surface area contributed by atoms with Crippen LogP contribution in [0.3, 0.4) is 0 Å². The second-order valence-corrected chi connectivity index (χ2v) is 13.7. The van der Waals surface area contributed by atoms with E-state index in [1.54, 1.807) is 36.1 Å². The van der Waals surface area contributed by atoms with Crippen LogP contribution in [-0.4, -0.2) is 83.7 Å². The van der Waals surface area contributed by atoms with E-state index in [9.17, 15) is 20.1 Å². The summed E-state index contributed by atoms with van der Waals surface area (Å²) in [4.78, 5) is 21.7. The molecule has 282 valence electrons. The smallest absolute Gasteiger partial charge is 0.410 e. The maximum Gasteiger partial charge on any atom is 0.410 e. The van der Waals surface area contributed by atoms with E-state index in [2.05, 4.69) is 12.7 Å². The molecule has 0 aromatic heterocycles. The lowest BCUT2D eigenvalue weighted by molar-refractivity contribution is -0.256. The molecule has 6 atom stereocenters. The van der Waals surface area contributed by atoms with Crippen LogP contribution in [0.15, 0.2) is 65.9 Å². The molecule has 2 aromatic carbocycles. The summed E-state index contributed by atoms with van der Waals surface area (Å²) in [5, 5.41) is 35.1. The molecule has 6 unspecified atom stereocenters. The lowest BCUT2D eigenvalue weighted by Gasteiger charge is -2.59. The lowest BCUT2D eigenvalue weighted by atomic mass is 9.55. The van der Waals surface area contributed by atoms with Gasteiger partial charge in [-0.3, -0.25) is 4.90 Å². The molecule has 2 aliphatic heterocycles. The number of carbonyl (C=O) groups is 1. The van der Waals surface area contributed by atoms with Gasteiger partial charge in [0.2, 0.25) is 12.6 Å². The van der Waals surface area contributed by atoms with Crippen molar-refractivity contribution in [2.24, 2.45) is 22.9 Å². The summed E-state index contributed by atoms with van der Waals surface area (Å²) in [6, 6.07) is 10.0. The molecule has 0 bridgehead atoms. The Hall–Kier alpha value is -4.26. The van der Waals surface area contributed by atoms with Crippen LogP contribution < -0.4 is 14.2 Å². The summed E-state index contributed by atoms with van der Waals surface area (Å²) < 4.78 is 31.0.